The Labute approximate surface area is 139 Å². The number of carbonyl (C=O) groups is 2. The lowest BCUT2D eigenvalue weighted by atomic mass is 10.2. The van der Waals surface area contributed by atoms with Crippen LogP contribution in [0.1, 0.15) is 28.0 Å². The molecule has 8 nitrogen and oxygen atoms in total. The first kappa shape index (κ1) is 16.0. The van der Waals surface area contributed by atoms with Gasteiger partial charge in [-0.15, -0.1) is 0 Å². The highest BCUT2D eigenvalue weighted by atomic mass is 16.5. The van der Waals surface area contributed by atoms with Crippen LogP contribution in [0.5, 0.6) is 5.88 Å². The van der Waals surface area contributed by atoms with Crippen molar-refractivity contribution >= 4 is 11.8 Å². The summed E-state index contributed by atoms with van der Waals surface area (Å²) in [5.74, 6) is 0.339. The van der Waals surface area contributed by atoms with Gasteiger partial charge in [0.25, 0.3) is 11.8 Å². The summed E-state index contributed by atoms with van der Waals surface area (Å²) in [7, 11) is 0. The zero-order chi connectivity index (χ0) is 16.9. The van der Waals surface area contributed by atoms with Gasteiger partial charge in [0, 0.05) is 32.2 Å². The van der Waals surface area contributed by atoms with Crippen molar-refractivity contribution in [3.8, 4) is 5.88 Å². The van der Waals surface area contributed by atoms with Crippen LogP contribution in [0.3, 0.4) is 0 Å². The van der Waals surface area contributed by atoms with Crippen LogP contribution in [-0.4, -0.2) is 64.4 Å². The zero-order valence-electron chi connectivity index (χ0n) is 13.3. The molecule has 1 saturated heterocycles. The van der Waals surface area contributed by atoms with E-state index in [1.807, 2.05) is 6.92 Å². The van der Waals surface area contributed by atoms with Gasteiger partial charge in [0.2, 0.25) is 5.88 Å². The van der Waals surface area contributed by atoms with Crippen molar-refractivity contribution in [3.05, 3.63) is 42.2 Å². The van der Waals surface area contributed by atoms with Gasteiger partial charge in [0.05, 0.1) is 12.9 Å². The maximum atomic E-state index is 12.5. The molecular formula is C16H18N4O4. The molecule has 0 aromatic carbocycles. The Kier molecular flexibility index (Phi) is 4.74. The second-order valence-corrected chi connectivity index (χ2v) is 5.24. The first-order valence-corrected chi connectivity index (χ1v) is 7.76. The highest BCUT2D eigenvalue weighted by Gasteiger charge is 2.27. The molecule has 24 heavy (non-hydrogen) atoms. The lowest BCUT2D eigenvalue weighted by Crippen LogP contribution is -2.50. The Bertz CT molecular complexity index is 709. The number of aromatic nitrogens is 2. The Hall–Kier alpha value is -2.90. The van der Waals surface area contributed by atoms with Gasteiger partial charge >= 0.3 is 0 Å². The minimum Gasteiger partial charge on any atom is -0.478 e. The fraction of sp³-hybridized carbons (Fsp3) is 0.375. The van der Waals surface area contributed by atoms with Crippen LogP contribution >= 0.6 is 0 Å². The lowest BCUT2D eigenvalue weighted by Gasteiger charge is -2.34. The van der Waals surface area contributed by atoms with Gasteiger partial charge in [-0.25, -0.2) is 9.97 Å². The molecule has 0 saturated carbocycles. The molecule has 2 aromatic rings. The van der Waals surface area contributed by atoms with E-state index in [1.54, 1.807) is 21.9 Å². The van der Waals surface area contributed by atoms with Gasteiger partial charge in [-0.1, -0.05) is 0 Å². The molecule has 0 aliphatic carbocycles. The zero-order valence-corrected chi connectivity index (χ0v) is 13.3. The standard InChI is InChI=1S/C16H18N4O4/c1-2-23-14-10-12(17-11-18-14)15(21)19-5-7-20(8-6-19)16(22)13-4-3-9-24-13/h3-4,9-11H,2,5-8H2,1H3. The van der Waals surface area contributed by atoms with Gasteiger partial charge in [-0.05, 0) is 19.1 Å². The number of furan rings is 1. The highest BCUT2D eigenvalue weighted by Crippen LogP contribution is 2.13. The van der Waals surface area contributed by atoms with Crippen molar-refractivity contribution in [2.75, 3.05) is 32.8 Å². The fourth-order valence-corrected chi connectivity index (χ4v) is 2.51. The monoisotopic (exact) mass is 330 g/mol. The molecule has 2 amide bonds. The van der Waals surface area contributed by atoms with E-state index in [-0.39, 0.29) is 11.8 Å². The lowest BCUT2D eigenvalue weighted by molar-refractivity contribution is 0.0515. The number of rotatable bonds is 4. The van der Waals surface area contributed by atoms with E-state index >= 15 is 0 Å². The first-order chi connectivity index (χ1) is 11.7. The normalized spacial score (nSPS) is 14.5. The number of carbonyl (C=O) groups excluding carboxylic acids is 2. The molecular weight excluding hydrogens is 312 g/mol. The summed E-state index contributed by atoms with van der Waals surface area (Å²) in [5, 5.41) is 0. The number of nitrogens with zero attached hydrogens (tertiary/aromatic N) is 4. The molecule has 0 atom stereocenters. The van der Waals surface area contributed by atoms with Crippen LogP contribution in [0.25, 0.3) is 0 Å². The van der Waals surface area contributed by atoms with Gasteiger partial charge in [-0.2, -0.15) is 0 Å². The van der Waals surface area contributed by atoms with Crippen molar-refractivity contribution in [2.45, 2.75) is 6.92 Å². The third kappa shape index (κ3) is 3.37. The summed E-state index contributed by atoms with van der Waals surface area (Å²) in [6.45, 7) is 4.11. The SMILES string of the molecule is CCOc1cc(C(=O)N2CCN(C(=O)c3ccco3)CC2)ncn1. The molecule has 0 spiro atoms. The average Bonchev–Trinajstić information content (AvgIpc) is 3.16. The predicted molar refractivity (Wildman–Crippen MR) is 83.7 cm³/mol. The van der Waals surface area contributed by atoms with Crippen molar-refractivity contribution < 1.29 is 18.7 Å². The van der Waals surface area contributed by atoms with Gasteiger partial charge in [0.15, 0.2) is 5.76 Å². The van der Waals surface area contributed by atoms with Crippen molar-refractivity contribution in [1.29, 1.82) is 0 Å². The van der Waals surface area contributed by atoms with E-state index in [2.05, 4.69) is 9.97 Å². The third-order valence-electron chi connectivity index (χ3n) is 3.74. The van der Waals surface area contributed by atoms with Crippen LogP contribution in [0, 0.1) is 0 Å². The molecule has 0 N–H and O–H groups in total. The summed E-state index contributed by atoms with van der Waals surface area (Å²) in [5.41, 5.74) is 0.291. The van der Waals surface area contributed by atoms with Crippen LogP contribution < -0.4 is 4.74 Å². The van der Waals surface area contributed by atoms with Gasteiger partial charge < -0.3 is 19.0 Å². The molecule has 1 fully saturated rings. The minimum atomic E-state index is -0.191. The van der Waals surface area contributed by atoms with Crippen molar-refractivity contribution in [2.24, 2.45) is 0 Å². The first-order valence-electron chi connectivity index (χ1n) is 7.76. The van der Waals surface area contributed by atoms with E-state index in [9.17, 15) is 9.59 Å². The summed E-state index contributed by atoms with van der Waals surface area (Å²) in [4.78, 5) is 36.0. The topological polar surface area (TPSA) is 88.8 Å². The van der Waals surface area contributed by atoms with Gasteiger partial charge in [-0.3, -0.25) is 9.59 Å². The Morgan fingerprint density at radius 2 is 1.88 bits per heavy atom. The second kappa shape index (κ2) is 7.12. The van der Waals surface area contributed by atoms with E-state index in [4.69, 9.17) is 9.15 Å². The van der Waals surface area contributed by atoms with E-state index < -0.39 is 0 Å². The summed E-state index contributed by atoms with van der Waals surface area (Å²) in [6.07, 6.45) is 2.78. The summed E-state index contributed by atoms with van der Waals surface area (Å²) < 4.78 is 10.4. The van der Waals surface area contributed by atoms with Crippen LogP contribution in [0.4, 0.5) is 0 Å². The number of ether oxygens (including phenoxy) is 1. The molecule has 1 aliphatic rings. The third-order valence-corrected chi connectivity index (χ3v) is 3.74. The molecule has 3 rings (SSSR count). The van der Waals surface area contributed by atoms with Crippen LogP contribution in [0.2, 0.25) is 0 Å². The van der Waals surface area contributed by atoms with E-state index in [0.29, 0.717) is 50.1 Å². The number of piperazine rings is 1. The minimum absolute atomic E-state index is 0.159. The molecule has 126 valence electrons. The maximum absolute atomic E-state index is 12.5. The van der Waals surface area contributed by atoms with Crippen LogP contribution in [-0.2, 0) is 0 Å². The van der Waals surface area contributed by atoms with Gasteiger partial charge in [0.1, 0.15) is 12.0 Å². The fourth-order valence-electron chi connectivity index (χ4n) is 2.51. The molecule has 1 aliphatic heterocycles. The molecule has 0 bridgehead atoms. The molecule has 0 unspecified atom stereocenters. The molecule has 8 heteroatoms. The van der Waals surface area contributed by atoms with E-state index in [1.165, 1.54) is 18.7 Å². The smallest absolute Gasteiger partial charge is 0.289 e. The average molecular weight is 330 g/mol. The van der Waals surface area contributed by atoms with Crippen molar-refractivity contribution in [3.63, 3.8) is 0 Å². The molecule has 3 heterocycles. The second-order valence-electron chi connectivity index (χ2n) is 5.24. The Morgan fingerprint density at radius 1 is 1.17 bits per heavy atom. The quantitative estimate of drug-likeness (QED) is 0.833. The number of amides is 2. The van der Waals surface area contributed by atoms with Crippen LogP contribution in [0.15, 0.2) is 35.2 Å². The molecule has 2 aromatic heterocycles. The highest BCUT2D eigenvalue weighted by molar-refractivity contribution is 5.93. The number of hydrogen-bond acceptors (Lipinski definition) is 6. The van der Waals surface area contributed by atoms with Crippen molar-refractivity contribution in [1.82, 2.24) is 19.8 Å². The number of hydrogen-bond donors (Lipinski definition) is 0. The Balaban J connectivity index is 1.61. The predicted octanol–water partition coefficient (Wildman–Crippen LogP) is 1.07. The van der Waals surface area contributed by atoms with E-state index in [0.717, 1.165) is 0 Å². The maximum Gasteiger partial charge on any atom is 0.289 e. The summed E-state index contributed by atoms with van der Waals surface area (Å²) >= 11 is 0. The summed E-state index contributed by atoms with van der Waals surface area (Å²) in [6, 6.07) is 4.85. The largest absolute Gasteiger partial charge is 0.478 e. The Morgan fingerprint density at radius 3 is 2.50 bits per heavy atom. The molecule has 0 radical (unpaired) electrons.